The first-order chi connectivity index (χ1) is 15.6. The Balaban J connectivity index is 1.70. The first kappa shape index (κ1) is 24.0. The van der Waals surface area contributed by atoms with Gasteiger partial charge in [0.05, 0.1) is 18.5 Å². The Morgan fingerprint density at radius 1 is 0.969 bits per heavy atom. The highest BCUT2D eigenvalue weighted by Crippen LogP contribution is 2.29. The number of nitrogens with one attached hydrogen (secondary N) is 1. The van der Waals surface area contributed by atoms with E-state index in [1.54, 1.807) is 24.4 Å². The molecule has 0 radical (unpaired) electrons. The minimum Gasteiger partial charge on any atom is -0.497 e. The van der Waals surface area contributed by atoms with Gasteiger partial charge < -0.3 is 4.74 Å². The summed E-state index contributed by atoms with van der Waals surface area (Å²) < 4.78 is 5.26. The Kier molecular flexibility index (Phi) is 9.34. The van der Waals surface area contributed by atoms with E-state index in [0.29, 0.717) is 11.4 Å². The van der Waals surface area contributed by atoms with Crippen molar-refractivity contribution in [1.29, 1.82) is 0 Å². The number of rotatable bonds is 11. The number of aromatic nitrogens is 2. The van der Waals surface area contributed by atoms with E-state index in [0.717, 1.165) is 64.9 Å². The Hall–Kier alpha value is -2.61. The van der Waals surface area contributed by atoms with Crippen LogP contribution in [0.3, 0.4) is 0 Å². The van der Waals surface area contributed by atoms with E-state index in [4.69, 9.17) is 31.5 Å². The second-order valence-electron chi connectivity index (χ2n) is 7.20. The van der Waals surface area contributed by atoms with Gasteiger partial charge in [0.2, 0.25) is 5.91 Å². The maximum Gasteiger partial charge on any atom is 0.243 e. The summed E-state index contributed by atoms with van der Waals surface area (Å²) in [6, 6.07) is 17.4. The van der Waals surface area contributed by atoms with Gasteiger partial charge in [0.1, 0.15) is 5.75 Å². The van der Waals surface area contributed by atoms with Crippen LogP contribution >= 0.6 is 23.4 Å². The fraction of sp³-hybridized carbons (Fsp3) is 0.292. The Morgan fingerprint density at radius 3 is 2.16 bits per heavy atom. The number of hydrogen-bond donors (Lipinski definition) is 2. The molecule has 0 saturated carbocycles. The van der Waals surface area contributed by atoms with Crippen LogP contribution in [-0.4, -0.2) is 33.9 Å². The molecular weight excluding hydrogens is 446 g/mol. The third kappa shape index (κ3) is 7.22. The predicted octanol–water partition coefficient (Wildman–Crippen LogP) is 6.02. The fourth-order valence-electron chi connectivity index (χ4n) is 3.13. The van der Waals surface area contributed by atoms with Crippen molar-refractivity contribution in [2.24, 2.45) is 0 Å². The predicted molar refractivity (Wildman–Crippen MR) is 128 cm³/mol. The summed E-state index contributed by atoms with van der Waals surface area (Å²) in [4.78, 5) is 20.6. The minimum absolute atomic E-state index is 0.335. The summed E-state index contributed by atoms with van der Waals surface area (Å²) in [7, 11) is 1.65. The molecule has 8 heteroatoms. The number of nitrogens with zero attached hydrogens (tertiary/aromatic N) is 2. The Bertz CT molecular complexity index is 1010. The van der Waals surface area contributed by atoms with Crippen molar-refractivity contribution in [2.75, 3.05) is 12.9 Å². The maximum atomic E-state index is 11.0. The van der Waals surface area contributed by atoms with E-state index in [1.807, 2.05) is 54.6 Å². The molecule has 1 amide bonds. The van der Waals surface area contributed by atoms with E-state index in [-0.39, 0.29) is 5.91 Å². The van der Waals surface area contributed by atoms with Crippen LogP contribution in [0.1, 0.15) is 32.1 Å². The molecule has 0 fully saturated rings. The van der Waals surface area contributed by atoms with Crippen LogP contribution < -0.4 is 10.2 Å². The molecule has 2 N–H and O–H groups in total. The lowest BCUT2D eigenvalue weighted by Crippen LogP contribution is -2.17. The normalized spacial score (nSPS) is 10.7. The first-order valence-electron chi connectivity index (χ1n) is 10.4. The monoisotopic (exact) mass is 471 g/mol. The van der Waals surface area contributed by atoms with Gasteiger partial charge in [0.15, 0.2) is 5.16 Å². The third-order valence-electron chi connectivity index (χ3n) is 4.89. The van der Waals surface area contributed by atoms with Gasteiger partial charge >= 0.3 is 0 Å². The van der Waals surface area contributed by atoms with Crippen molar-refractivity contribution in [3.05, 3.63) is 59.6 Å². The molecule has 3 rings (SSSR count). The Labute approximate surface area is 197 Å². The van der Waals surface area contributed by atoms with Gasteiger partial charge in [0.25, 0.3) is 0 Å². The number of benzene rings is 2. The second-order valence-corrected chi connectivity index (χ2v) is 8.70. The van der Waals surface area contributed by atoms with Gasteiger partial charge in [-0.05, 0) is 55.3 Å². The molecule has 32 heavy (non-hydrogen) atoms. The summed E-state index contributed by atoms with van der Waals surface area (Å²) in [5.41, 5.74) is 5.34. The molecule has 0 spiro atoms. The molecule has 0 aliphatic heterocycles. The van der Waals surface area contributed by atoms with Crippen LogP contribution in [0.2, 0.25) is 5.02 Å². The van der Waals surface area contributed by atoms with Gasteiger partial charge in [-0.25, -0.2) is 15.4 Å². The summed E-state index contributed by atoms with van der Waals surface area (Å²) >= 11 is 7.67. The molecule has 0 aliphatic carbocycles. The topological polar surface area (TPSA) is 84.3 Å². The van der Waals surface area contributed by atoms with Crippen LogP contribution in [0, 0.1) is 0 Å². The van der Waals surface area contributed by atoms with Crippen molar-refractivity contribution in [3.8, 4) is 28.3 Å². The molecule has 2 aromatic carbocycles. The van der Waals surface area contributed by atoms with Gasteiger partial charge in [-0.3, -0.25) is 10.0 Å². The third-order valence-corrected chi connectivity index (χ3v) is 6.07. The standard InChI is InChI=1S/C24H26ClN3O3S/c1-31-20-13-9-18(10-14-20)22-16-21(17-7-11-19(25)12-8-17)26-24(27-22)32-15-5-3-2-4-6-23(29)28-30/h7-14,16,30H,2-6,15H2,1H3,(H,28,29). The zero-order chi connectivity index (χ0) is 22.8. The first-order valence-corrected chi connectivity index (χ1v) is 11.8. The molecule has 1 aromatic heterocycles. The molecule has 0 unspecified atom stereocenters. The average molecular weight is 472 g/mol. The molecule has 168 valence electrons. The number of amides is 1. The molecule has 6 nitrogen and oxygen atoms in total. The number of carbonyl (C=O) groups excluding carboxylic acids is 1. The van der Waals surface area contributed by atoms with E-state index in [1.165, 1.54) is 0 Å². The summed E-state index contributed by atoms with van der Waals surface area (Å²) in [6.45, 7) is 0. The summed E-state index contributed by atoms with van der Waals surface area (Å²) in [6.07, 6.45) is 4.06. The van der Waals surface area contributed by atoms with E-state index in [9.17, 15) is 4.79 Å². The second kappa shape index (κ2) is 12.4. The molecule has 0 atom stereocenters. The molecule has 0 saturated heterocycles. The molecule has 3 aromatic rings. The van der Waals surface area contributed by atoms with E-state index >= 15 is 0 Å². The SMILES string of the molecule is COc1ccc(-c2cc(-c3ccc(Cl)cc3)nc(SCCCCCCC(=O)NO)n2)cc1. The maximum absolute atomic E-state index is 11.0. The summed E-state index contributed by atoms with van der Waals surface area (Å²) in [5.74, 6) is 1.35. The van der Waals surface area contributed by atoms with E-state index in [2.05, 4.69) is 0 Å². The van der Waals surface area contributed by atoms with Crippen LogP contribution in [0.25, 0.3) is 22.5 Å². The number of carbonyl (C=O) groups is 1. The quantitative estimate of drug-likeness (QED) is 0.117. The van der Waals surface area contributed by atoms with E-state index < -0.39 is 0 Å². The largest absolute Gasteiger partial charge is 0.497 e. The number of methoxy groups -OCH3 is 1. The molecule has 0 bridgehead atoms. The van der Waals surface area contributed by atoms with Crippen molar-refractivity contribution >= 4 is 29.3 Å². The van der Waals surface area contributed by atoms with Crippen LogP contribution in [0.5, 0.6) is 5.75 Å². The van der Waals surface area contributed by atoms with Crippen LogP contribution in [-0.2, 0) is 4.79 Å². The lowest BCUT2D eigenvalue weighted by atomic mass is 10.1. The number of hydrogen-bond acceptors (Lipinski definition) is 6. The van der Waals surface area contributed by atoms with Crippen LogP contribution in [0.15, 0.2) is 59.8 Å². The average Bonchev–Trinajstić information content (AvgIpc) is 2.83. The summed E-state index contributed by atoms with van der Waals surface area (Å²) in [5, 5.41) is 9.93. The smallest absolute Gasteiger partial charge is 0.243 e. The molecular formula is C24H26ClN3O3S. The van der Waals surface area contributed by atoms with Gasteiger partial charge in [-0.15, -0.1) is 0 Å². The highest BCUT2D eigenvalue weighted by molar-refractivity contribution is 7.99. The van der Waals surface area contributed by atoms with Gasteiger partial charge in [-0.2, -0.15) is 0 Å². The Morgan fingerprint density at radius 2 is 1.56 bits per heavy atom. The number of halogens is 1. The van der Waals surface area contributed by atoms with Crippen molar-refractivity contribution in [1.82, 2.24) is 15.4 Å². The highest BCUT2D eigenvalue weighted by Gasteiger charge is 2.10. The highest BCUT2D eigenvalue weighted by atomic mass is 35.5. The minimum atomic E-state index is -0.335. The van der Waals surface area contributed by atoms with Crippen molar-refractivity contribution in [3.63, 3.8) is 0 Å². The molecule has 0 aliphatic rings. The van der Waals surface area contributed by atoms with Gasteiger partial charge in [0, 0.05) is 28.3 Å². The van der Waals surface area contributed by atoms with Crippen LogP contribution in [0.4, 0.5) is 0 Å². The molecule has 1 heterocycles. The number of unbranched alkanes of at least 4 members (excludes halogenated alkanes) is 3. The zero-order valence-electron chi connectivity index (χ0n) is 17.9. The van der Waals surface area contributed by atoms with Gasteiger partial charge in [-0.1, -0.05) is 48.3 Å². The van der Waals surface area contributed by atoms with Crippen molar-refractivity contribution in [2.45, 2.75) is 37.3 Å². The van der Waals surface area contributed by atoms with Crippen molar-refractivity contribution < 1.29 is 14.7 Å². The zero-order valence-corrected chi connectivity index (χ0v) is 19.5. The lowest BCUT2D eigenvalue weighted by molar-refractivity contribution is -0.129. The lowest BCUT2D eigenvalue weighted by Gasteiger charge is -2.09. The number of hydroxylamine groups is 1. The number of ether oxygens (including phenoxy) is 1. The number of thioether (sulfide) groups is 1. The fourth-order valence-corrected chi connectivity index (χ4v) is 4.11.